The van der Waals surface area contributed by atoms with Crippen LogP contribution in [0.3, 0.4) is 0 Å². The fourth-order valence-electron chi connectivity index (χ4n) is 1.04. The number of methoxy groups -OCH3 is 2. The van der Waals surface area contributed by atoms with Gasteiger partial charge in [0.2, 0.25) is 11.8 Å². The summed E-state index contributed by atoms with van der Waals surface area (Å²) in [4.78, 5) is 4.06. The second kappa shape index (κ2) is 4.49. The molecule has 74 valence electrons. The average molecular weight is 192 g/mol. The molecule has 0 fully saturated rings. The summed E-state index contributed by atoms with van der Waals surface area (Å²) in [5, 5.41) is 0. The number of hydrogen-bond acceptors (Lipinski definition) is 4. The molecule has 0 bridgehead atoms. The van der Waals surface area contributed by atoms with E-state index in [-0.39, 0.29) is 0 Å². The van der Waals surface area contributed by atoms with Gasteiger partial charge in [-0.05, 0) is 6.07 Å². The predicted octanol–water partition coefficient (Wildman–Crippen LogP) is 0.732. The van der Waals surface area contributed by atoms with E-state index >= 15 is 0 Å². The topological polar surface area (TPSA) is 57.4 Å². The van der Waals surface area contributed by atoms with Crippen molar-refractivity contribution in [3.05, 3.63) is 17.7 Å². The number of ether oxygens (including phenoxy) is 2. The summed E-state index contributed by atoms with van der Waals surface area (Å²) in [5.74, 6) is 3.28. The molecule has 4 nitrogen and oxygen atoms in total. The van der Waals surface area contributed by atoms with Crippen molar-refractivity contribution in [1.29, 1.82) is 0 Å². The lowest BCUT2D eigenvalue weighted by Crippen LogP contribution is -2.10. The summed E-state index contributed by atoms with van der Waals surface area (Å²) in [6, 6.07) is 2.92. The largest absolute Gasteiger partial charge is 0.481 e. The second-order valence-electron chi connectivity index (χ2n) is 2.60. The van der Waals surface area contributed by atoms with E-state index in [1.54, 1.807) is 12.1 Å². The van der Waals surface area contributed by atoms with Gasteiger partial charge in [-0.3, -0.25) is 0 Å². The van der Waals surface area contributed by atoms with Crippen molar-refractivity contribution < 1.29 is 9.47 Å². The predicted molar refractivity (Wildman–Crippen MR) is 53.1 cm³/mol. The summed E-state index contributed by atoms with van der Waals surface area (Å²) < 4.78 is 9.99. The molecule has 1 heterocycles. The molecule has 0 aliphatic heterocycles. The fourth-order valence-corrected chi connectivity index (χ4v) is 1.04. The molecule has 0 aliphatic rings. The Balaban J connectivity index is 3.12. The molecule has 0 amide bonds. The van der Waals surface area contributed by atoms with Gasteiger partial charge in [0.1, 0.15) is 0 Å². The zero-order chi connectivity index (χ0) is 10.6. The molecule has 1 aromatic heterocycles. The Morgan fingerprint density at radius 3 is 2.64 bits per heavy atom. The van der Waals surface area contributed by atoms with Crippen molar-refractivity contribution in [2.45, 2.75) is 6.04 Å². The van der Waals surface area contributed by atoms with E-state index in [0.29, 0.717) is 17.3 Å². The van der Waals surface area contributed by atoms with Gasteiger partial charge in [-0.2, -0.15) is 4.98 Å². The van der Waals surface area contributed by atoms with Crippen molar-refractivity contribution in [2.24, 2.45) is 5.73 Å². The molecule has 0 radical (unpaired) electrons. The molecule has 0 saturated heterocycles. The molecule has 1 rings (SSSR count). The van der Waals surface area contributed by atoms with E-state index in [1.807, 2.05) is 0 Å². The summed E-state index contributed by atoms with van der Waals surface area (Å²) in [6.45, 7) is 0. The SMILES string of the molecule is C#CC(N)c1ccc(OC)nc1OC. The first-order chi connectivity index (χ1) is 6.72. The lowest BCUT2D eigenvalue weighted by Gasteiger charge is -2.10. The Morgan fingerprint density at radius 2 is 2.14 bits per heavy atom. The fraction of sp³-hybridized carbons (Fsp3) is 0.300. The van der Waals surface area contributed by atoms with Crippen LogP contribution in [-0.4, -0.2) is 19.2 Å². The van der Waals surface area contributed by atoms with Crippen LogP contribution < -0.4 is 15.2 Å². The van der Waals surface area contributed by atoms with E-state index < -0.39 is 6.04 Å². The van der Waals surface area contributed by atoms with Gasteiger partial charge in [-0.15, -0.1) is 6.42 Å². The van der Waals surface area contributed by atoms with Gasteiger partial charge in [0.15, 0.2) is 0 Å². The van der Waals surface area contributed by atoms with Crippen LogP contribution in [0, 0.1) is 12.3 Å². The molecule has 0 spiro atoms. The zero-order valence-electron chi connectivity index (χ0n) is 8.15. The smallest absolute Gasteiger partial charge is 0.222 e. The Bertz CT molecular complexity index is 358. The molecule has 0 aromatic carbocycles. The Morgan fingerprint density at radius 1 is 1.43 bits per heavy atom. The van der Waals surface area contributed by atoms with E-state index in [4.69, 9.17) is 21.6 Å². The second-order valence-corrected chi connectivity index (χ2v) is 2.60. The minimum absolute atomic E-state index is 0.398. The van der Waals surface area contributed by atoms with Crippen LogP contribution in [0.1, 0.15) is 11.6 Å². The van der Waals surface area contributed by atoms with Crippen molar-refractivity contribution in [3.8, 4) is 24.1 Å². The van der Waals surface area contributed by atoms with Crippen molar-refractivity contribution in [1.82, 2.24) is 4.98 Å². The summed E-state index contributed by atoms with van der Waals surface area (Å²) in [5.41, 5.74) is 6.34. The van der Waals surface area contributed by atoms with E-state index in [1.165, 1.54) is 14.2 Å². The lowest BCUT2D eigenvalue weighted by molar-refractivity contribution is 0.360. The van der Waals surface area contributed by atoms with Gasteiger partial charge in [-0.25, -0.2) is 0 Å². The van der Waals surface area contributed by atoms with Gasteiger partial charge in [0.25, 0.3) is 0 Å². The van der Waals surface area contributed by atoms with Crippen molar-refractivity contribution in [2.75, 3.05) is 14.2 Å². The summed E-state index contributed by atoms with van der Waals surface area (Å²) >= 11 is 0. The van der Waals surface area contributed by atoms with Crippen LogP contribution in [0.5, 0.6) is 11.8 Å². The number of pyridine rings is 1. The maximum atomic E-state index is 5.67. The van der Waals surface area contributed by atoms with Gasteiger partial charge < -0.3 is 15.2 Å². The molecule has 1 unspecified atom stereocenters. The lowest BCUT2D eigenvalue weighted by atomic mass is 10.1. The highest BCUT2D eigenvalue weighted by Gasteiger charge is 2.11. The van der Waals surface area contributed by atoms with Gasteiger partial charge >= 0.3 is 0 Å². The highest BCUT2D eigenvalue weighted by atomic mass is 16.5. The number of aromatic nitrogens is 1. The molecule has 0 saturated carbocycles. The Hall–Kier alpha value is -1.73. The molecule has 4 heteroatoms. The molecular formula is C10H12N2O2. The number of terminal acetylenes is 1. The third-order valence-electron chi connectivity index (χ3n) is 1.78. The average Bonchev–Trinajstić information content (AvgIpc) is 2.27. The first kappa shape index (κ1) is 10.4. The normalized spacial score (nSPS) is 11.6. The molecular weight excluding hydrogens is 180 g/mol. The molecule has 2 N–H and O–H groups in total. The minimum atomic E-state index is -0.511. The highest BCUT2D eigenvalue weighted by Crippen LogP contribution is 2.23. The van der Waals surface area contributed by atoms with Crippen LogP contribution in [0.25, 0.3) is 0 Å². The van der Waals surface area contributed by atoms with Crippen molar-refractivity contribution >= 4 is 0 Å². The molecule has 1 aromatic rings. The maximum absolute atomic E-state index is 5.67. The quantitative estimate of drug-likeness (QED) is 0.717. The van der Waals surface area contributed by atoms with Gasteiger partial charge in [0, 0.05) is 11.6 Å². The number of nitrogens with zero attached hydrogens (tertiary/aromatic N) is 1. The summed E-state index contributed by atoms with van der Waals surface area (Å²) in [7, 11) is 3.04. The first-order valence-electron chi connectivity index (χ1n) is 4.03. The monoisotopic (exact) mass is 192 g/mol. The highest BCUT2D eigenvalue weighted by molar-refractivity contribution is 5.36. The molecule has 1 atom stereocenters. The van der Waals surface area contributed by atoms with Crippen LogP contribution in [-0.2, 0) is 0 Å². The van der Waals surface area contributed by atoms with Crippen molar-refractivity contribution in [3.63, 3.8) is 0 Å². The van der Waals surface area contributed by atoms with Crippen LogP contribution in [0.4, 0.5) is 0 Å². The van der Waals surface area contributed by atoms with E-state index in [9.17, 15) is 0 Å². The van der Waals surface area contributed by atoms with Gasteiger partial charge in [-0.1, -0.05) is 5.92 Å². The van der Waals surface area contributed by atoms with E-state index in [2.05, 4.69) is 10.9 Å². The Kier molecular flexibility index (Phi) is 3.32. The zero-order valence-corrected chi connectivity index (χ0v) is 8.15. The third-order valence-corrected chi connectivity index (χ3v) is 1.78. The molecule has 0 aliphatic carbocycles. The minimum Gasteiger partial charge on any atom is -0.481 e. The Labute approximate surface area is 83.0 Å². The van der Waals surface area contributed by atoms with Crippen LogP contribution >= 0.6 is 0 Å². The first-order valence-corrected chi connectivity index (χ1v) is 4.03. The number of nitrogens with two attached hydrogens (primary N) is 1. The van der Waals surface area contributed by atoms with Gasteiger partial charge in [0.05, 0.1) is 20.3 Å². The molecule has 14 heavy (non-hydrogen) atoms. The third kappa shape index (κ3) is 1.95. The number of hydrogen-bond donors (Lipinski definition) is 1. The van der Waals surface area contributed by atoms with Crippen LogP contribution in [0.2, 0.25) is 0 Å². The maximum Gasteiger partial charge on any atom is 0.222 e. The van der Waals surface area contributed by atoms with E-state index in [0.717, 1.165) is 0 Å². The summed E-state index contributed by atoms with van der Waals surface area (Å²) in [6.07, 6.45) is 5.21. The van der Waals surface area contributed by atoms with Crippen LogP contribution in [0.15, 0.2) is 12.1 Å². The standard InChI is InChI=1S/C10H12N2O2/c1-4-8(11)7-5-6-9(13-2)12-10(7)14-3/h1,5-6,8H,11H2,2-3H3. The number of rotatable bonds is 3.